The van der Waals surface area contributed by atoms with E-state index in [0.29, 0.717) is 11.8 Å². The molecule has 4 aliphatic rings. The molecule has 0 saturated heterocycles. The normalized spacial score (nSPS) is 51.0. The number of hydrogen-bond acceptors (Lipinski definition) is 0. The van der Waals surface area contributed by atoms with Gasteiger partial charge in [-0.3, -0.25) is 0 Å². The highest BCUT2D eigenvalue weighted by molar-refractivity contribution is 4.95. The molecule has 0 aliphatic heterocycles. The van der Waals surface area contributed by atoms with Crippen molar-refractivity contribution in [1.29, 1.82) is 0 Å². The van der Waals surface area contributed by atoms with Crippen LogP contribution in [0.15, 0.2) is 0 Å². The molecule has 4 rings (SSSR count). The lowest BCUT2D eigenvalue weighted by Crippen LogP contribution is -2.45. The summed E-state index contributed by atoms with van der Waals surface area (Å²) in [5, 5.41) is 0. The first-order valence-corrected chi connectivity index (χ1v) is 12.8. The molecular formula is C26H44F2. The third-order valence-electron chi connectivity index (χ3n) is 9.77. The molecule has 4 unspecified atom stereocenters. The first-order valence-electron chi connectivity index (χ1n) is 12.8. The van der Waals surface area contributed by atoms with E-state index < -0.39 is 12.3 Å². The van der Waals surface area contributed by atoms with E-state index in [1.54, 1.807) is 0 Å². The van der Waals surface area contributed by atoms with Crippen molar-refractivity contribution < 1.29 is 8.78 Å². The largest absolute Gasteiger partial charge is 0.244 e. The van der Waals surface area contributed by atoms with Gasteiger partial charge in [-0.05, 0) is 112 Å². The van der Waals surface area contributed by atoms with Crippen LogP contribution in [0.1, 0.15) is 104 Å². The predicted molar refractivity (Wildman–Crippen MR) is 114 cm³/mol. The van der Waals surface area contributed by atoms with E-state index in [4.69, 9.17) is 0 Å². The molecule has 4 saturated carbocycles. The van der Waals surface area contributed by atoms with Gasteiger partial charge in [0.25, 0.3) is 0 Å². The molecular weight excluding hydrogens is 350 g/mol. The number of halogens is 2. The number of rotatable bonds is 3. The van der Waals surface area contributed by atoms with Gasteiger partial charge in [0, 0.05) is 0 Å². The van der Waals surface area contributed by atoms with E-state index in [1.165, 1.54) is 64.2 Å². The highest BCUT2D eigenvalue weighted by Crippen LogP contribution is 2.49. The lowest BCUT2D eigenvalue weighted by molar-refractivity contribution is -0.0383. The monoisotopic (exact) mass is 394 g/mol. The molecule has 4 atom stereocenters. The van der Waals surface area contributed by atoms with Gasteiger partial charge in [-0.1, -0.05) is 39.5 Å². The molecule has 162 valence electrons. The lowest BCUT2D eigenvalue weighted by atomic mass is 9.62. The van der Waals surface area contributed by atoms with Crippen LogP contribution < -0.4 is 0 Å². The lowest BCUT2D eigenvalue weighted by Gasteiger charge is -2.45. The number of alkyl halides is 2. The molecule has 0 radical (unpaired) electrons. The fourth-order valence-electron chi connectivity index (χ4n) is 7.68. The van der Waals surface area contributed by atoms with Crippen LogP contribution >= 0.6 is 0 Å². The molecule has 0 bridgehead atoms. The van der Waals surface area contributed by atoms with Crippen molar-refractivity contribution in [3.63, 3.8) is 0 Å². The van der Waals surface area contributed by atoms with Crippen molar-refractivity contribution in [3.8, 4) is 0 Å². The molecule has 0 amide bonds. The van der Waals surface area contributed by atoms with Crippen LogP contribution in [-0.4, -0.2) is 12.3 Å². The molecule has 0 aromatic carbocycles. The van der Waals surface area contributed by atoms with E-state index >= 15 is 8.78 Å². The van der Waals surface area contributed by atoms with Crippen LogP contribution in [0, 0.1) is 47.3 Å². The first kappa shape index (κ1) is 21.1. The summed E-state index contributed by atoms with van der Waals surface area (Å²) in [6.45, 7) is 4.70. The Balaban J connectivity index is 1.27. The van der Waals surface area contributed by atoms with Gasteiger partial charge in [0.2, 0.25) is 0 Å². The van der Waals surface area contributed by atoms with Crippen molar-refractivity contribution >= 4 is 0 Å². The van der Waals surface area contributed by atoms with Crippen LogP contribution in [0.25, 0.3) is 0 Å². The van der Waals surface area contributed by atoms with Crippen LogP contribution in [0.3, 0.4) is 0 Å². The highest BCUT2D eigenvalue weighted by atomic mass is 19.2. The molecule has 28 heavy (non-hydrogen) atoms. The molecule has 0 nitrogen and oxygen atoms in total. The van der Waals surface area contributed by atoms with E-state index in [9.17, 15) is 0 Å². The summed E-state index contributed by atoms with van der Waals surface area (Å²) in [6, 6.07) is 0. The molecule has 0 aromatic heterocycles. The zero-order chi connectivity index (χ0) is 19.7. The Morgan fingerprint density at radius 3 is 1.07 bits per heavy atom. The predicted octanol–water partition coefficient (Wildman–Crippen LogP) is 8.15. The molecule has 0 aromatic rings. The maximum Gasteiger partial charge on any atom is 0.134 e. The van der Waals surface area contributed by atoms with Crippen molar-refractivity contribution in [2.24, 2.45) is 47.3 Å². The van der Waals surface area contributed by atoms with Crippen LogP contribution in [-0.2, 0) is 0 Å². The summed E-state index contributed by atoms with van der Waals surface area (Å²) >= 11 is 0. The van der Waals surface area contributed by atoms with Crippen LogP contribution in [0.2, 0.25) is 0 Å². The zero-order valence-electron chi connectivity index (χ0n) is 18.4. The molecule has 4 fully saturated rings. The van der Waals surface area contributed by atoms with E-state index in [1.807, 2.05) is 0 Å². The second-order valence-corrected chi connectivity index (χ2v) is 11.5. The smallest absolute Gasteiger partial charge is 0.134 e. The summed E-state index contributed by atoms with van der Waals surface area (Å²) in [7, 11) is 0. The van der Waals surface area contributed by atoms with Crippen molar-refractivity contribution in [2.75, 3.05) is 0 Å². The summed E-state index contributed by atoms with van der Waals surface area (Å²) in [6.07, 6.45) is 14.8. The fourth-order valence-corrected chi connectivity index (χ4v) is 7.68. The Bertz CT molecular complexity index is 467. The summed E-state index contributed by atoms with van der Waals surface area (Å²) in [5.41, 5.74) is 0. The summed E-state index contributed by atoms with van der Waals surface area (Å²) in [4.78, 5) is 0. The van der Waals surface area contributed by atoms with Gasteiger partial charge in [-0.15, -0.1) is 0 Å². The van der Waals surface area contributed by atoms with E-state index in [2.05, 4.69) is 13.8 Å². The fraction of sp³-hybridized carbons (Fsp3) is 1.00. The zero-order valence-corrected chi connectivity index (χ0v) is 18.4. The van der Waals surface area contributed by atoms with E-state index in [-0.39, 0.29) is 11.8 Å². The molecule has 0 N–H and O–H groups in total. The minimum Gasteiger partial charge on any atom is -0.244 e. The summed E-state index contributed by atoms with van der Waals surface area (Å²) in [5.74, 6) is 4.45. The molecule has 0 spiro atoms. The Morgan fingerprint density at radius 1 is 0.393 bits per heavy atom. The summed E-state index contributed by atoms with van der Waals surface area (Å²) < 4.78 is 30.4. The first-order chi connectivity index (χ1) is 13.5. The third-order valence-corrected chi connectivity index (χ3v) is 9.77. The Kier molecular flexibility index (Phi) is 7.04. The van der Waals surface area contributed by atoms with Gasteiger partial charge in [0.05, 0.1) is 0 Å². The molecule has 0 heterocycles. The number of hydrogen-bond donors (Lipinski definition) is 0. The van der Waals surface area contributed by atoms with E-state index in [0.717, 1.165) is 49.4 Å². The van der Waals surface area contributed by atoms with Gasteiger partial charge in [-0.25, -0.2) is 8.78 Å². The second-order valence-electron chi connectivity index (χ2n) is 11.5. The van der Waals surface area contributed by atoms with Gasteiger partial charge < -0.3 is 0 Å². The standard InChI is InChI=1S/C26H44F2/c1-17-3-7-19(8-4-17)20-11-13-22(14-12-20)24-16-15-23(25(27)26(24)28)21-9-5-18(2)6-10-21/h17-26H,3-16H2,1-2H3. The maximum absolute atomic E-state index is 15.2. The quantitative estimate of drug-likeness (QED) is 0.453. The van der Waals surface area contributed by atoms with Crippen molar-refractivity contribution in [1.82, 2.24) is 0 Å². The third kappa shape index (κ3) is 4.61. The Labute approximate surface area is 172 Å². The second kappa shape index (κ2) is 9.34. The average Bonchev–Trinajstić information content (AvgIpc) is 2.72. The molecule has 2 heteroatoms. The topological polar surface area (TPSA) is 0 Å². The van der Waals surface area contributed by atoms with Gasteiger partial charge >= 0.3 is 0 Å². The average molecular weight is 395 g/mol. The van der Waals surface area contributed by atoms with Gasteiger partial charge in [-0.2, -0.15) is 0 Å². The Hall–Kier alpha value is -0.140. The van der Waals surface area contributed by atoms with Crippen molar-refractivity contribution in [3.05, 3.63) is 0 Å². The highest BCUT2D eigenvalue weighted by Gasteiger charge is 2.46. The minimum absolute atomic E-state index is 0.0133. The van der Waals surface area contributed by atoms with Crippen molar-refractivity contribution in [2.45, 2.75) is 116 Å². The van der Waals surface area contributed by atoms with Gasteiger partial charge in [0.1, 0.15) is 12.3 Å². The Morgan fingerprint density at radius 2 is 0.679 bits per heavy atom. The van der Waals surface area contributed by atoms with Crippen LogP contribution in [0.4, 0.5) is 8.78 Å². The SMILES string of the molecule is CC1CCC(C2CCC(C3CCC(C4CCC(C)CC4)C(F)C3F)CC2)CC1. The minimum atomic E-state index is -1.19. The maximum atomic E-state index is 15.2. The van der Waals surface area contributed by atoms with Gasteiger partial charge in [0.15, 0.2) is 0 Å². The molecule has 4 aliphatic carbocycles. The van der Waals surface area contributed by atoms with Crippen LogP contribution in [0.5, 0.6) is 0 Å².